The van der Waals surface area contributed by atoms with Gasteiger partial charge in [0.15, 0.2) is 0 Å². The predicted octanol–water partition coefficient (Wildman–Crippen LogP) is 1.48. The Hall–Kier alpha value is -0.280. The van der Waals surface area contributed by atoms with Gasteiger partial charge < -0.3 is 0 Å². The Morgan fingerprint density at radius 2 is 2.75 bits per heavy atom. The van der Waals surface area contributed by atoms with Gasteiger partial charge in [0.1, 0.15) is 0 Å². The van der Waals surface area contributed by atoms with Crippen LogP contribution in [0.1, 0.15) is 5.56 Å². The molecule has 0 amide bonds. The summed E-state index contributed by atoms with van der Waals surface area (Å²) in [6.07, 6.45) is 0. The van der Waals surface area contributed by atoms with E-state index in [2.05, 4.69) is 5.38 Å². The highest BCUT2D eigenvalue weighted by molar-refractivity contribution is 7.64. The minimum absolute atomic E-state index is 0.569. The largest absolute Gasteiger partial charge is 0.463 e. The molecule has 0 aliphatic carbocycles. The second-order valence-corrected chi connectivity index (χ2v) is 2.57. The van der Waals surface area contributed by atoms with Crippen LogP contribution < -0.4 is 0 Å². The Morgan fingerprint density at radius 1 is 1.88 bits per heavy atom. The quantitative estimate of drug-likeness (QED) is 0.574. The van der Waals surface area contributed by atoms with Crippen LogP contribution in [-0.4, -0.2) is 0 Å². The summed E-state index contributed by atoms with van der Waals surface area (Å²) in [6, 6.07) is 1.84. The van der Waals surface area contributed by atoms with Crippen molar-refractivity contribution >= 4 is 23.0 Å². The van der Waals surface area contributed by atoms with Gasteiger partial charge in [-0.25, -0.2) is 0 Å². The van der Waals surface area contributed by atoms with Crippen LogP contribution in [0.3, 0.4) is 0 Å². The summed E-state index contributed by atoms with van der Waals surface area (Å²) in [5.41, 5.74) is 1.08. The van der Waals surface area contributed by atoms with Crippen molar-refractivity contribution in [1.29, 1.82) is 0 Å². The van der Waals surface area contributed by atoms with Crippen LogP contribution >= 0.6 is 11.3 Å². The van der Waals surface area contributed by atoms with Gasteiger partial charge in [-0.2, -0.15) is 0 Å². The maximum absolute atomic E-state index is 9.90. The van der Waals surface area contributed by atoms with Crippen molar-refractivity contribution < 1.29 is 4.21 Å². The first kappa shape index (κ1) is 5.85. The van der Waals surface area contributed by atoms with Crippen molar-refractivity contribution in [3.63, 3.8) is 0 Å². The number of rotatable bonds is 2. The summed E-state index contributed by atoms with van der Waals surface area (Å²) in [6.45, 7) is 0. The lowest BCUT2D eigenvalue weighted by Gasteiger charge is -1.67. The van der Waals surface area contributed by atoms with Gasteiger partial charge in [-0.1, -0.05) is 0 Å². The van der Waals surface area contributed by atoms with Crippen molar-refractivity contribution in [1.82, 2.24) is 0 Å². The van der Waals surface area contributed by atoms with Crippen molar-refractivity contribution in [2.24, 2.45) is 0 Å². The van der Waals surface area contributed by atoms with Gasteiger partial charge in [0.2, 0.25) is 0 Å². The van der Waals surface area contributed by atoms with Crippen LogP contribution in [0.25, 0.3) is 0 Å². The minimum Gasteiger partial charge on any atom is -0.142 e. The molecule has 0 aromatic carbocycles. The molecule has 0 atom stereocenters. The molecular formula is C5H4OS2+. The zero-order chi connectivity index (χ0) is 5.82. The minimum atomic E-state index is 0.569. The highest BCUT2D eigenvalue weighted by Crippen LogP contribution is 2.04. The predicted molar refractivity (Wildman–Crippen MR) is 34.9 cm³/mol. The van der Waals surface area contributed by atoms with E-state index in [-0.39, 0.29) is 0 Å². The fourth-order valence-electron chi connectivity index (χ4n) is 0.397. The molecule has 3 heteroatoms. The van der Waals surface area contributed by atoms with E-state index in [1.54, 1.807) is 0 Å². The standard InChI is InChI=1S/C5H4OS2/c6-8-4-5-1-2-7-3-5/h1,3H,4H2/q+1. The molecule has 0 fully saturated rings. The van der Waals surface area contributed by atoms with Gasteiger partial charge in [0, 0.05) is 20.5 Å². The molecule has 0 N–H and O–H groups in total. The molecule has 0 aliphatic heterocycles. The number of thiophene rings is 1. The zero-order valence-electron chi connectivity index (χ0n) is 4.09. The molecule has 1 nitrogen and oxygen atoms in total. The monoisotopic (exact) mass is 144 g/mol. The van der Waals surface area contributed by atoms with Gasteiger partial charge in [0.05, 0.1) is 0 Å². The van der Waals surface area contributed by atoms with Crippen LogP contribution in [0.15, 0.2) is 11.4 Å². The van der Waals surface area contributed by atoms with Gasteiger partial charge in [-0.05, 0) is 6.07 Å². The van der Waals surface area contributed by atoms with E-state index >= 15 is 0 Å². The third kappa shape index (κ3) is 1.35. The lowest BCUT2D eigenvalue weighted by molar-refractivity contribution is 0.604. The van der Waals surface area contributed by atoms with Crippen molar-refractivity contribution in [3.05, 3.63) is 22.4 Å². The molecule has 0 bridgehead atoms. The van der Waals surface area contributed by atoms with Crippen molar-refractivity contribution in [2.45, 2.75) is 5.75 Å². The first-order chi connectivity index (χ1) is 3.93. The summed E-state index contributed by atoms with van der Waals surface area (Å²) in [5.74, 6) is 0.569. The Kier molecular flexibility index (Phi) is 2.11. The summed E-state index contributed by atoms with van der Waals surface area (Å²) in [5, 5.41) is 4.84. The van der Waals surface area contributed by atoms with Crippen LogP contribution in [0.2, 0.25) is 0 Å². The molecule has 0 saturated heterocycles. The Morgan fingerprint density at radius 3 is 3.25 bits per heavy atom. The number of hydrogen-bond acceptors (Lipinski definition) is 2. The molecule has 0 saturated carbocycles. The van der Waals surface area contributed by atoms with Gasteiger partial charge in [0.25, 0.3) is 5.75 Å². The number of hydrogen-bond donors (Lipinski definition) is 0. The molecule has 8 heavy (non-hydrogen) atoms. The second kappa shape index (κ2) is 2.89. The van der Waals surface area contributed by atoms with E-state index in [1.807, 2.05) is 11.4 Å². The third-order valence-electron chi connectivity index (χ3n) is 0.748. The van der Waals surface area contributed by atoms with Crippen LogP contribution in [0, 0.1) is 5.38 Å². The van der Waals surface area contributed by atoms with Crippen molar-refractivity contribution in [2.75, 3.05) is 0 Å². The van der Waals surface area contributed by atoms with E-state index in [4.69, 9.17) is 0 Å². The van der Waals surface area contributed by atoms with Gasteiger partial charge >= 0.3 is 11.7 Å². The average Bonchev–Trinajstić information content (AvgIpc) is 2.19. The maximum Gasteiger partial charge on any atom is 0.463 e. The summed E-state index contributed by atoms with van der Waals surface area (Å²) >= 11 is 2.10. The Balaban J connectivity index is 2.62. The smallest absolute Gasteiger partial charge is 0.142 e. The first-order valence-electron chi connectivity index (χ1n) is 2.11. The molecule has 0 spiro atoms. The fraction of sp³-hybridized carbons (Fsp3) is 0.200. The molecule has 1 rings (SSSR count). The average molecular weight is 144 g/mol. The Bertz CT molecular complexity index is 157. The summed E-state index contributed by atoms with van der Waals surface area (Å²) in [7, 11) is 0. The summed E-state index contributed by atoms with van der Waals surface area (Å²) in [4.78, 5) is 0. The van der Waals surface area contributed by atoms with Gasteiger partial charge in [-0.15, -0.1) is 11.3 Å². The molecule has 0 unspecified atom stereocenters. The lowest BCUT2D eigenvalue weighted by Crippen LogP contribution is -1.72. The van der Waals surface area contributed by atoms with Gasteiger partial charge in [-0.3, -0.25) is 0 Å². The molecule has 1 aromatic rings. The molecule has 1 radical (unpaired) electrons. The topological polar surface area (TPSA) is 17.1 Å². The third-order valence-corrected chi connectivity index (χ3v) is 1.87. The normalized spacial score (nSPS) is 9.00. The zero-order valence-corrected chi connectivity index (χ0v) is 5.72. The second-order valence-electron chi connectivity index (χ2n) is 1.33. The molecular weight excluding hydrogens is 140 g/mol. The lowest BCUT2D eigenvalue weighted by atomic mass is 10.4. The summed E-state index contributed by atoms with van der Waals surface area (Å²) < 4.78 is 9.90. The van der Waals surface area contributed by atoms with E-state index in [0.717, 1.165) is 5.56 Å². The molecule has 0 aliphatic rings. The molecule has 41 valence electrons. The van der Waals surface area contributed by atoms with Crippen LogP contribution in [-0.2, 0) is 21.6 Å². The van der Waals surface area contributed by atoms with E-state index < -0.39 is 0 Å². The Labute approximate surface area is 55.8 Å². The molecule has 1 aromatic heterocycles. The molecule has 1 heterocycles. The van der Waals surface area contributed by atoms with Crippen LogP contribution in [0.4, 0.5) is 0 Å². The highest BCUT2D eigenvalue weighted by Gasteiger charge is 1.99. The maximum atomic E-state index is 9.90. The van der Waals surface area contributed by atoms with E-state index in [9.17, 15) is 4.21 Å². The van der Waals surface area contributed by atoms with Crippen LogP contribution in [0.5, 0.6) is 0 Å². The first-order valence-corrected chi connectivity index (χ1v) is 3.91. The van der Waals surface area contributed by atoms with E-state index in [0.29, 0.717) is 17.4 Å². The van der Waals surface area contributed by atoms with E-state index in [1.165, 1.54) is 11.3 Å². The highest BCUT2D eigenvalue weighted by atomic mass is 32.1. The fourth-order valence-corrected chi connectivity index (χ4v) is 1.40. The SMILES string of the molecule is O=[S+]Cc1c[c]sc1. The van der Waals surface area contributed by atoms with Crippen molar-refractivity contribution in [3.8, 4) is 0 Å².